The number of ether oxygens (including phenoxy) is 1. The van der Waals surface area contributed by atoms with Crippen molar-refractivity contribution in [1.82, 2.24) is 20.1 Å². The lowest BCUT2D eigenvalue weighted by atomic mass is 10.1. The van der Waals surface area contributed by atoms with Crippen LogP contribution in [0.25, 0.3) is 0 Å². The Kier molecular flexibility index (Phi) is 8.61. The maximum absolute atomic E-state index is 12.3. The van der Waals surface area contributed by atoms with Crippen LogP contribution in [-0.4, -0.2) is 26.4 Å². The highest BCUT2D eigenvalue weighted by molar-refractivity contribution is 7.99. The second-order valence-corrected chi connectivity index (χ2v) is 8.91. The van der Waals surface area contributed by atoms with Crippen LogP contribution in [0.2, 0.25) is 10.0 Å². The number of carbonyl (C=O) groups is 1. The zero-order chi connectivity index (χ0) is 23.1. The number of aromatic nitrogens is 3. The zero-order valence-electron chi connectivity index (χ0n) is 17.9. The molecule has 1 N–H and O–H groups in total. The Labute approximate surface area is 202 Å². The summed E-state index contributed by atoms with van der Waals surface area (Å²) in [6, 6.07) is 11.1. The average Bonchev–Trinajstić information content (AvgIpc) is 3.16. The van der Waals surface area contributed by atoms with Crippen LogP contribution in [0.4, 0.5) is 0 Å². The van der Waals surface area contributed by atoms with Crippen molar-refractivity contribution in [2.24, 2.45) is 0 Å². The summed E-state index contributed by atoms with van der Waals surface area (Å²) in [7, 11) is 0. The van der Waals surface area contributed by atoms with E-state index in [1.54, 1.807) is 18.2 Å². The Morgan fingerprint density at radius 1 is 1.19 bits per heavy atom. The normalized spacial score (nSPS) is 10.8. The fourth-order valence-electron chi connectivity index (χ4n) is 2.97. The molecule has 0 spiro atoms. The Bertz CT molecular complexity index is 1080. The first-order chi connectivity index (χ1) is 15.4. The molecule has 9 heteroatoms. The summed E-state index contributed by atoms with van der Waals surface area (Å²) in [5, 5.41) is 13.4. The number of nitrogens with one attached hydrogen (secondary N) is 1. The molecule has 0 bridgehead atoms. The molecular weight excluding hydrogens is 467 g/mol. The molecule has 0 saturated heterocycles. The number of aryl methyl sites for hydroxylation is 2. The van der Waals surface area contributed by atoms with Crippen LogP contribution < -0.4 is 10.1 Å². The maximum atomic E-state index is 12.3. The molecule has 3 aromatic rings. The first-order valence-electron chi connectivity index (χ1n) is 9.94. The monoisotopic (exact) mass is 490 g/mol. The lowest BCUT2D eigenvalue weighted by molar-refractivity contribution is -0.118. The number of nitrogens with zero attached hydrogens (tertiary/aromatic N) is 3. The molecule has 0 atom stereocenters. The van der Waals surface area contributed by atoms with E-state index in [0.717, 1.165) is 21.7 Å². The Hall–Kier alpha value is -2.48. The molecule has 0 aliphatic rings. The van der Waals surface area contributed by atoms with Gasteiger partial charge in [0.15, 0.2) is 11.0 Å². The zero-order valence-corrected chi connectivity index (χ0v) is 20.2. The van der Waals surface area contributed by atoms with Crippen molar-refractivity contribution in [2.75, 3.05) is 5.75 Å². The largest absolute Gasteiger partial charge is 0.486 e. The predicted octanol–water partition coefficient (Wildman–Crippen LogP) is 5.38. The van der Waals surface area contributed by atoms with Crippen LogP contribution in [0.15, 0.2) is 54.2 Å². The standard InChI is InChI=1S/C23H24Cl2N4O2S/c1-4-9-29-20(13-31-19-10-15(2)22(25)16(3)11-19)27-28-23(29)32-14-21(30)26-12-17-5-7-18(24)8-6-17/h4-8,10-11H,1,9,12-14H2,2-3H3,(H,26,30). The van der Waals surface area contributed by atoms with Crippen molar-refractivity contribution >= 4 is 40.9 Å². The van der Waals surface area contributed by atoms with Crippen molar-refractivity contribution in [3.05, 3.63) is 81.6 Å². The Morgan fingerprint density at radius 3 is 2.53 bits per heavy atom. The highest BCUT2D eigenvalue weighted by Crippen LogP contribution is 2.26. The topological polar surface area (TPSA) is 69.0 Å². The number of allylic oxidation sites excluding steroid dienone is 1. The number of benzene rings is 2. The maximum Gasteiger partial charge on any atom is 0.230 e. The van der Waals surface area contributed by atoms with Gasteiger partial charge in [0.25, 0.3) is 0 Å². The van der Waals surface area contributed by atoms with Gasteiger partial charge < -0.3 is 10.1 Å². The number of amides is 1. The first kappa shape index (κ1) is 24.2. The van der Waals surface area contributed by atoms with Gasteiger partial charge in [-0.3, -0.25) is 9.36 Å². The van der Waals surface area contributed by atoms with Crippen LogP contribution in [0.3, 0.4) is 0 Å². The molecule has 0 radical (unpaired) electrons. The Morgan fingerprint density at radius 2 is 1.88 bits per heavy atom. The van der Waals surface area contributed by atoms with Crippen LogP contribution in [0, 0.1) is 13.8 Å². The summed E-state index contributed by atoms with van der Waals surface area (Å²) in [4.78, 5) is 12.3. The quantitative estimate of drug-likeness (QED) is 0.305. The third-order valence-electron chi connectivity index (χ3n) is 4.62. The molecule has 0 unspecified atom stereocenters. The van der Waals surface area contributed by atoms with Gasteiger partial charge in [-0.25, -0.2) is 0 Å². The number of rotatable bonds is 10. The average molecular weight is 491 g/mol. The van der Waals surface area contributed by atoms with Gasteiger partial charge in [0.2, 0.25) is 5.91 Å². The van der Waals surface area contributed by atoms with Gasteiger partial charge in [-0.1, -0.05) is 53.2 Å². The fourth-order valence-corrected chi connectivity index (χ4v) is 4.00. The minimum absolute atomic E-state index is 0.0944. The molecule has 168 valence electrons. The minimum Gasteiger partial charge on any atom is -0.486 e. The van der Waals surface area contributed by atoms with E-state index in [9.17, 15) is 4.79 Å². The second kappa shape index (κ2) is 11.4. The summed E-state index contributed by atoms with van der Waals surface area (Å²) < 4.78 is 7.81. The van der Waals surface area contributed by atoms with E-state index in [1.807, 2.05) is 42.7 Å². The first-order valence-corrected chi connectivity index (χ1v) is 11.7. The molecule has 1 amide bonds. The lowest BCUT2D eigenvalue weighted by Gasteiger charge is -2.11. The second-order valence-electron chi connectivity index (χ2n) is 7.15. The van der Waals surface area contributed by atoms with Crippen molar-refractivity contribution in [3.63, 3.8) is 0 Å². The van der Waals surface area contributed by atoms with E-state index < -0.39 is 0 Å². The lowest BCUT2D eigenvalue weighted by Crippen LogP contribution is -2.24. The third-order valence-corrected chi connectivity index (χ3v) is 6.43. The molecule has 0 aliphatic carbocycles. The number of hydrogen-bond donors (Lipinski definition) is 1. The molecule has 32 heavy (non-hydrogen) atoms. The third kappa shape index (κ3) is 6.51. The van der Waals surface area contributed by atoms with Crippen molar-refractivity contribution < 1.29 is 9.53 Å². The number of carbonyl (C=O) groups excluding carboxylic acids is 1. The van der Waals surface area contributed by atoms with Gasteiger partial charge in [-0.15, -0.1) is 16.8 Å². The molecule has 2 aromatic carbocycles. The van der Waals surface area contributed by atoms with E-state index in [1.165, 1.54) is 11.8 Å². The van der Waals surface area contributed by atoms with Crippen molar-refractivity contribution in [2.45, 2.75) is 38.7 Å². The van der Waals surface area contributed by atoms with Crippen molar-refractivity contribution in [3.8, 4) is 5.75 Å². The predicted molar refractivity (Wildman–Crippen MR) is 129 cm³/mol. The van der Waals surface area contributed by atoms with Gasteiger partial charge in [0.1, 0.15) is 12.4 Å². The van der Waals surface area contributed by atoms with Gasteiger partial charge in [-0.05, 0) is 54.8 Å². The summed E-state index contributed by atoms with van der Waals surface area (Å²) >= 11 is 13.4. The Balaban J connectivity index is 1.58. The van der Waals surface area contributed by atoms with E-state index in [-0.39, 0.29) is 18.3 Å². The molecule has 1 aromatic heterocycles. The van der Waals surface area contributed by atoms with Crippen LogP contribution >= 0.6 is 35.0 Å². The van der Waals surface area contributed by atoms with E-state index in [0.29, 0.717) is 34.8 Å². The fraction of sp³-hybridized carbons (Fsp3) is 0.261. The summed E-state index contributed by atoms with van der Waals surface area (Å²) in [5.74, 6) is 1.50. The molecule has 6 nitrogen and oxygen atoms in total. The van der Waals surface area contributed by atoms with Crippen molar-refractivity contribution in [1.29, 1.82) is 0 Å². The van der Waals surface area contributed by atoms with E-state index >= 15 is 0 Å². The summed E-state index contributed by atoms with van der Waals surface area (Å²) in [6.45, 7) is 8.88. The van der Waals surface area contributed by atoms with E-state index in [2.05, 4.69) is 22.1 Å². The number of halogens is 2. The van der Waals surface area contributed by atoms with Gasteiger partial charge in [0.05, 0.1) is 5.75 Å². The number of thioether (sulfide) groups is 1. The molecule has 0 aliphatic heterocycles. The molecule has 0 fully saturated rings. The van der Waals surface area contributed by atoms with Gasteiger partial charge in [0, 0.05) is 23.1 Å². The molecule has 3 rings (SSSR count). The molecule has 0 saturated carbocycles. The SMILES string of the molecule is C=CCn1c(COc2cc(C)c(Cl)c(C)c2)nnc1SCC(=O)NCc1ccc(Cl)cc1. The van der Waals surface area contributed by atoms with Crippen LogP contribution in [-0.2, 0) is 24.5 Å². The smallest absolute Gasteiger partial charge is 0.230 e. The van der Waals surface area contributed by atoms with Gasteiger partial charge in [-0.2, -0.15) is 0 Å². The summed E-state index contributed by atoms with van der Waals surface area (Å²) in [5.41, 5.74) is 2.89. The molecular formula is C23H24Cl2N4O2S. The summed E-state index contributed by atoms with van der Waals surface area (Å²) in [6.07, 6.45) is 1.76. The van der Waals surface area contributed by atoms with Crippen LogP contribution in [0.5, 0.6) is 5.75 Å². The number of hydrogen-bond acceptors (Lipinski definition) is 5. The van der Waals surface area contributed by atoms with Gasteiger partial charge >= 0.3 is 0 Å². The highest BCUT2D eigenvalue weighted by Gasteiger charge is 2.14. The van der Waals surface area contributed by atoms with Crippen LogP contribution in [0.1, 0.15) is 22.5 Å². The highest BCUT2D eigenvalue weighted by atomic mass is 35.5. The minimum atomic E-state index is -0.0944. The van der Waals surface area contributed by atoms with E-state index in [4.69, 9.17) is 27.9 Å². The molecule has 1 heterocycles.